The Balaban J connectivity index is 2.28. The van der Waals surface area contributed by atoms with Crippen molar-refractivity contribution in [3.05, 3.63) is 52.6 Å². The first-order valence-corrected chi connectivity index (χ1v) is 7.57. The summed E-state index contributed by atoms with van der Waals surface area (Å²) in [7, 11) is 1.91. The summed E-state index contributed by atoms with van der Waals surface area (Å²) in [6.07, 6.45) is 1.74. The van der Waals surface area contributed by atoms with Crippen LogP contribution in [0.1, 0.15) is 42.4 Å². The lowest BCUT2D eigenvalue weighted by atomic mass is 10.00. The van der Waals surface area contributed by atoms with Crippen molar-refractivity contribution in [2.45, 2.75) is 46.2 Å². The molecule has 1 aromatic carbocycles. The van der Waals surface area contributed by atoms with Gasteiger partial charge in [0.2, 0.25) is 0 Å². The van der Waals surface area contributed by atoms with E-state index in [1.165, 1.54) is 5.69 Å². The monoisotopic (exact) mass is 289 g/mol. The average Bonchev–Trinajstić information content (AvgIpc) is 2.85. The fourth-order valence-electron chi connectivity index (χ4n) is 2.69. The molecule has 0 amide bonds. The van der Waals surface area contributed by atoms with E-state index in [2.05, 4.69) is 30.3 Å². The molecule has 0 spiro atoms. The normalized spacial score (nSPS) is 12.6. The Morgan fingerprint density at radius 3 is 2.57 bits per heavy atom. The number of benzene rings is 1. The number of aryl methyl sites for hydroxylation is 3. The molecule has 2 aromatic rings. The summed E-state index contributed by atoms with van der Waals surface area (Å²) in [5.74, 6) is -0.177. The summed E-state index contributed by atoms with van der Waals surface area (Å²) in [5, 5.41) is 7.87. The van der Waals surface area contributed by atoms with Gasteiger partial charge in [-0.2, -0.15) is 5.10 Å². The first-order chi connectivity index (χ1) is 10.1. The van der Waals surface area contributed by atoms with E-state index in [-0.39, 0.29) is 11.9 Å². The first-order valence-electron chi connectivity index (χ1n) is 7.57. The van der Waals surface area contributed by atoms with Gasteiger partial charge in [-0.25, -0.2) is 4.39 Å². The molecule has 1 unspecified atom stereocenters. The summed E-state index contributed by atoms with van der Waals surface area (Å²) in [5.41, 5.74) is 4.23. The van der Waals surface area contributed by atoms with E-state index in [0.717, 1.165) is 36.2 Å². The largest absolute Gasteiger partial charge is 0.313 e. The highest BCUT2D eigenvalue weighted by Gasteiger charge is 2.15. The topological polar surface area (TPSA) is 29.9 Å². The summed E-state index contributed by atoms with van der Waals surface area (Å²) >= 11 is 0. The molecule has 0 aliphatic carbocycles. The smallest absolute Gasteiger partial charge is 0.123 e. The minimum Gasteiger partial charge on any atom is -0.313 e. The molecule has 114 valence electrons. The molecule has 3 nitrogen and oxygen atoms in total. The highest BCUT2D eigenvalue weighted by molar-refractivity contribution is 5.27. The van der Waals surface area contributed by atoms with Crippen LogP contribution in [-0.4, -0.2) is 16.8 Å². The zero-order chi connectivity index (χ0) is 15.4. The van der Waals surface area contributed by atoms with Gasteiger partial charge in [0.25, 0.3) is 0 Å². The maximum atomic E-state index is 13.6. The fraction of sp³-hybridized carbons (Fsp3) is 0.471. The molecule has 21 heavy (non-hydrogen) atoms. The van der Waals surface area contributed by atoms with Gasteiger partial charge in [-0.05, 0) is 56.6 Å². The molecule has 0 fully saturated rings. The predicted molar refractivity (Wildman–Crippen MR) is 83.9 cm³/mol. The number of hydrogen-bond acceptors (Lipinski definition) is 2. The molecular weight excluding hydrogens is 265 g/mol. The Hall–Kier alpha value is -1.68. The quantitative estimate of drug-likeness (QED) is 0.883. The van der Waals surface area contributed by atoms with Crippen molar-refractivity contribution in [2.24, 2.45) is 0 Å². The maximum Gasteiger partial charge on any atom is 0.123 e. The van der Waals surface area contributed by atoms with Crippen LogP contribution in [-0.2, 0) is 19.4 Å². The Morgan fingerprint density at radius 1 is 1.24 bits per heavy atom. The van der Waals surface area contributed by atoms with Crippen LogP contribution in [0, 0.1) is 12.7 Å². The zero-order valence-electron chi connectivity index (χ0n) is 13.3. The van der Waals surface area contributed by atoms with Crippen molar-refractivity contribution >= 4 is 0 Å². The zero-order valence-corrected chi connectivity index (χ0v) is 13.3. The number of rotatable bonds is 6. The lowest BCUT2D eigenvalue weighted by molar-refractivity contribution is 0.535. The van der Waals surface area contributed by atoms with Crippen LogP contribution >= 0.6 is 0 Å². The summed E-state index contributed by atoms with van der Waals surface area (Å²) < 4.78 is 15.7. The van der Waals surface area contributed by atoms with Crippen LogP contribution in [0.15, 0.2) is 24.3 Å². The van der Waals surface area contributed by atoms with Crippen molar-refractivity contribution in [3.63, 3.8) is 0 Å². The van der Waals surface area contributed by atoms with Gasteiger partial charge < -0.3 is 5.32 Å². The van der Waals surface area contributed by atoms with E-state index in [4.69, 9.17) is 0 Å². The molecule has 0 radical (unpaired) electrons. The second-order valence-electron chi connectivity index (χ2n) is 5.40. The van der Waals surface area contributed by atoms with E-state index >= 15 is 0 Å². The SMILES string of the molecule is CCc1cc(CC(NC)c2cc(C)cc(F)c2)n(CC)n1. The number of hydrogen-bond donors (Lipinski definition) is 1. The third-order valence-electron chi connectivity index (χ3n) is 3.80. The second-order valence-corrected chi connectivity index (χ2v) is 5.40. The van der Waals surface area contributed by atoms with Gasteiger partial charge in [-0.15, -0.1) is 0 Å². The summed E-state index contributed by atoms with van der Waals surface area (Å²) in [4.78, 5) is 0. The molecule has 0 bridgehead atoms. The minimum absolute atomic E-state index is 0.0890. The first kappa shape index (κ1) is 15.7. The van der Waals surface area contributed by atoms with Gasteiger partial charge in [-0.1, -0.05) is 13.0 Å². The van der Waals surface area contributed by atoms with Gasteiger partial charge in [0.05, 0.1) is 5.69 Å². The molecule has 1 N–H and O–H groups in total. The van der Waals surface area contributed by atoms with Crippen LogP contribution < -0.4 is 5.32 Å². The molecule has 0 aliphatic rings. The predicted octanol–water partition coefficient (Wildman–Crippen LogP) is 3.42. The molecule has 1 heterocycles. The Bertz CT molecular complexity index is 584. The number of halogens is 1. The van der Waals surface area contributed by atoms with Gasteiger partial charge in [0.15, 0.2) is 0 Å². The van der Waals surface area contributed by atoms with E-state index in [9.17, 15) is 4.39 Å². The third-order valence-corrected chi connectivity index (χ3v) is 3.80. The summed E-state index contributed by atoms with van der Waals surface area (Å²) in [6, 6.07) is 7.45. The minimum atomic E-state index is -0.177. The molecule has 4 heteroatoms. The van der Waals surface area contributed by atoms with Gasteiger partial charge >= 0.3 is 0 Å². The van der Waals surface area contributed by atoms with Crippen LogP contribution in [0.25, 0.3) is 0 Å². The molecule has 0 saturated heterocycles. The molecule has 2 rings (SSSR count). The van der Waals surface area contributed by atoms with Gasteiger partial charge in [0, 0.05) is 24.7 Å². The molecule has 1 atom stereocenters. The molecular formula is C17H24FN3. The molecule has 0 saturated carbocycles. The van der Waals surface area contributed by atoms with E-state index in [0.29, 0.717) is 0 Å². The lowest BCUT2D eigenvalue weighted by Gasteiger charge is -2.18. The fourth-order valence-corrected chi connectivity index (χ4v) is 2.69. The standard InChI is InChI=1S/C17H24FN3/c1-5-15-10-16(21(6-2)20-15)11-17(19-4)13-7-12(3)8-14(18)9-13/h7-10,17,19H,5-6,11H2,1-4H3. The van der Waals surface area contributed by atoms with Crippen molar-refractivity contribution in [1.82, 2.24) is 15.1 Å². The summed E-state index contributed by atoms with van der Waals surface area (Å²) in [6.45, 7) is 6.98. The van der Waals surface area contributed by atoms with Crippen LogP contribution in [0.2, 0.25) is 0 Å². The number of likely N-dealkylation sites (N-methyl/N-ethyl adjacent to an activating group) is 1. The van der Waals surface area contributed by atoms with Crippen LogP contribution in [0.3, 0.4) is 0 Å². The van der Waals surface area contributed by atoms with Crippen LogP contribution in [0.5, 0.6) is 0 Å². The Kier molecular flexibility index (Phi) is 5.12. The number of nitrogens with zero attached hydrogens (tertiary/aromatic N) is 2. The van der Waals surface area contributed by atoms with Crippen molar-refractivity contribution in [2.75, 3.05) is 7.05 Å². The van der Waals surface area contributed by atoms with Crippen molar-refractivity contribution in [3.8, 4) is 0 Å². The lowest BCUT2D eigenvalue weighted by Crippen LogP contribution is -2.20. The molecule has 0 aliphatic heterocycles. The second kappa shape index (κ2) is 6.85. The van der Waals surface area contributed by atoms with Crippen molar-refractivity contribution < 1.29 is 4.39 Å². The molecule has 1 aromatic heterocycles. The average molecular weight is 289 g/mol. The van der Waals surface area contributed by atoms with E-state index in [1.807, 2.05) is 24.7 Å². The third kappa shape index (κ3) is 3.70. The highest BCUT2D eigenvalue weighted by atomic mass is 19.1. The Labute approximate surface area is 126 Å². The number of aromatic nitrogens is 2. The van der Waals surface area contributed by atoms with Gasteiger partial charge in [0.1, 0.15) is 5.82 Å². The Morgan fingerprint density at radius 2 is 2.00 bits per heavy atom. The van der Waals surface area contributed by atoms with Crippen LogP contribution in [0.4, 0.5) is 4.39 Å². The van der Waals surface area contributed by atoms with Gasteiger partial charge in [-0.3, -0.25) is 4.68 Å². The highest BCUT2D eigenvalue weighted by Crippen LogP contribution is 2.21. The van der Waals surface area contributed by atoms with E-state index < -0.39 is 0 Å². The van der Waals surface area contributed by atoms with E-state index in [1.54, 1.807) is 12.1 Å². The van der Waals surface area contributed by atoms with Crippen molar-refractivity contribution in [1.29, 1.82) is 0 Å². The maximum absolute atomic E-state index is 13.6. The number of nitrogens with one attached hydrogen (secondary N) is 1.